The lowest BCUT2D eigenvalue weighted by atomic mass is 9.81. The molecule has 0 saturated carbocycles. The maximum Gasteiger partial charge on any atom is 0.122 e. The van der Waals surface area contributed by atoms with Gasteiger partial charge in [-0.05, 0) is 38.0 Å². The van der Waals surface area contributed by atoms with Crippen LogP contribution >= 0.6 is 0 Å². The second-order valence-corrected chi connectivity index (χ2v) is 5.68. The summed E-state index contributed by atoms with van der Waals surface area (Å²) >= 11 is 0. The molecule has 0 N–H and O–H groups in total. The standard InChI is InChI=1S/C19H21NO/c1-15-9-10-18(16(2)13-15)21-12-11-19(3,14-20)17-7-5-4-6-8-17/h4-10,13H,11-12H2,1-3H3. The molecule has 0 saturated heterocycles. The van der Waals surface area contributed by atoms with Gasteiger partial charge in [0.15, 0.2) is 0 Å². The van der Waals surface area contributed by atoms with Crippen molar-refractivity contribution < 1.29 is 4.74 Å². The third kappa shape index (κ3) is 3.64. The van der Waals surface area contributed by atoms with Crippen molar-refractivity contribution >= 4 is 0 Å². The number of aryl methyl sites for hydroxylation is 2. The summed E-state index contributed by atoms with van der Waals surface area (Å²) < 4.78 is 5.86. The van der Waals surface area contributed by atoms with Gasteiger partial charge in [0, 0.05) is 6.42 Å². The maximum atomic E-state index is 9.52. The predicted octanol–water partition coefficient (Wildman–Crippen LogP) is 4.55. The topological polar surface area (TPSA) is 33.0 Å². The van der Waals surface area contributed by atoms with Crippen molar-refractivity contribution in [3.63, 3.8) is 0 Å². The van der Waals surface area contributed by atoms with Gasteiger partial charge >= 0.3 is 0 Å². The summed E-state index contributed by atoms with van der Waals surface area (Å²) in [6.45, 7) is 6.61. The van der Waals surface area contributed by atoms with Crippen molar-refractivity contribution in [2.24, 2.45) is 0 Å². The van der Waals surface area contributed by atoms with Crippen LogP contribution in [0.25, 0.3) is 0 Å². The van der Waals surface area contributed by atoms with Crippen molar-refractivity contribution in [2.45, 2.75) is 32.6 Å². The van der Waals surface area contributed by atoms with Crippen LogP contribution in [0.3, 0.4) is 0 Å². The monoisotopic (exact) mass is 279 g/mol. The van der Waals surface area contributed by atoms with Crippen LogP contribution in [-0.2, 0) is 5.41 Å². The average molecular weight is 279 g/mol. The fraction of sp³-hybridized carbons (Fsp3) is 0.316. The second-order valence-electron chi connectivity index (χ2n) is 5.68. The highest BCUT2D eigenvalue weighted by atomic mass is 16.5. The SMILES string of the molecule is Cc1ccc(OCCC(C)(C#N)c2ccccc2)c(C)c1. The molecule has 0 spiro atoms. The smallest absolute Gasteiger partial charge is 0.122 e. The first-order chi connectivity index (χ1) is 10.0. The van der Waals surface area contributed by atoms with Gasteiger partial charge in [0.2, 0.25) is 0 Å². The van der Waals surface area contributed by atoms with Crippen molar-refractivity contribution in [3.8, 4) is 11.8 Å². The maximum absolute atomic E-state index is 9.52. The van der Waals surface area contributed by atoms with E-state index in [0.29, 0.717) is 13.0 Å². The lowest BCUT2D eigenvalue weighted by Gasteiger charge is -2.22. The minimum Gasteiger partial charge on any atom is -0.493 e. The fourth-order valence-corrected chi connectivity index (χ4v) is 2.40. The van der Waals surface area contributed by atoms with Crippen molar-refractivity contribution in [2.75, 3.05) is 6.61 Å². The molecule has 2 aromatic carbocycles. The van der Waals surface area contributed by atoms with Gasteiger partial charge in [-0.25, -0.2) is 0 Å². The molecular formula is C19H21NO. The third-order valence-corrected chi connectivity index (χ3v) is 3.85. The number of hydrogen-bond acceptors (Lipinski definition) is 2. The van der Waals surface area contributed by atoms with Crippen LogP contribution in [0.1, 0.15) is 30.0 Å². The Balaban J connectivity index is 2.03. The summed E-state index contributed by atoms with van der Waals surface area (Å²) in [6.07, 6.45) is 0.667. The van der Waals surface area contributed by atoms with E-state index in [-0.39, 0.29) is 0 Å². The Morgan fingerprint density at radius 3 is 2.43 bits per heavy atom. The highest BCUT2D eigenvalue weighted by Crippen LogP contribution is 2.27. The molecule has 2 nitrogen and oxygen atoms in total. The van der Waals surface area contributed by atoms with E-state index < -0.39 is 5.41 Å². The number of nitrogens with zero attached hydrogens (tertiary/aromatic N) is 1. The molecule has 0 amide bonds. The quantitative estimate of drug-likeness (QED) is 0.804. The Morgan fingerprint density at radius 2 is 1.81 bits per heavy atom. The second kappa shape index (κ2) is 6.45. The van der Waals surface area contributed by atoms with Gasteiger partial charge in [-0.2, -0.15) is 5.26 Å². The number of nitriles is 1. The first-order valence-electron chi connectivity index (χ1n) is 7.22. The van der Waals surface area contributed by atoms with Crippen LogP contribution in [0, 0.1) is 25.2 Å². The molecule has 2 heteroatoms. The molecule has 1 unspecified atom stereocenters. The number of rotatable bonds is 5. The van der Waals surface area contributed by atoms with Crippen LogP contribution in [0.2, 0.25) is 0 Å². The van der Waals surface area contributed by atoms with Crippen molar-refractivity contribution in [1.82, 2.24) is 0 Å². The first kappa shape index (κ1) is 15.1. The summed E-state index contributed by atoms with van der Waals surface area (Å²) in [7, 11) is 0. The third-order valence-electron chi connectivity index (χ3n) is 3.85. The van der Waals surface area contributed by atoms with Crippen LogP contribution in [0.5, 0.6) is 5.75 Å². The lowest BCUT2D eigenvalue weighted by Crippen LogP contribution is -2.22. The molecule has 0 aliphatic rings. The molecule has 108 valence electrons. The van der Waals surface area contributed by atoms with Gasteiger partial charge in [0.1, 0.15) is 5.75 Å². The Kier molecular flexibility index (Phi) is 4.65. The van der Waals surface area contributed by atoms with E-state index in [1.807, 2.05) is 56.3 Å². The molecule has 0 heterocycles. The molecule has 0 aliphatic carbocycles. The van der Waals surface area contributed by atoms with Gasteiger partial charge < -0.3 is 4.74 Å². The van der Waals surface area contributed by atoms with E-state index in [9.17, 15) is 5.26 Å². The molecule has 0 aromatic heterocycles. The van der Waals surface area contributed by atoms with E-state index in [2.05, 4.69) is 19.1 Å². The molecule has 0 radical (unpaired) electrons. The van der Waals surface area contributed by atoms with Crippen LogP contribution in [-0.4, -0.2) is 6.61 Å². The summed E-state index contributed by atoms with van der Waals surface area (Å²) in [6, 6.07) is 18.5. The minimum atomic E-state index is -0.514. The Morgan fingerprint density at radius 1 is 1.10 bits per heavy atom. The molecule has 21 heavy (non-hydrogen) atoms. The lowest BCUT2D eigenvalue weighted by molar-refractivity contribution is 0.283. The van der Waals surface area contributed by atoms with E-state index in [1.54, 1.807) is 0 Å². The Labute approximate surface area is 127 Å². The largest absolute Gasteiger partial charge is 0.493 e. The molecular weight excluding hydrogens is 258 g/mol. The number of ether oxygens (including phenoxy) is 1. The first-order valence-corrected chi connectivity index (χ1v) is 7.22. The van der Waals surface area contributed by atoms with E-state index >= 15 is 0 Å². The summed E-state index contributed by atoms with van der Waals surface area (Å²) in [5, 5.41) is 9.52. The molecule has 0 bridgehead atoms. The molecule has 0 fully saturated rings. The zero-order valence-electron chi connectivity index (χ0n) is 12.9. The average Bonchev–Trinajstić information content (AvgIpc) is 2.50. The Hall–Kier alpha value is -2.27. The van der Waals surface area contributed by atoms with Gasteiger partial charge in [0.25, 0.3) is 0 Å². The van der Waals surface area contributed by atoms with E-state index in [1.165, 1.54) is 5.56 Å². The molecule has 1 atom stereocenters. The zero-order valence-corrected chi connectivity index (χ0v) is 12.9. The van der Waals surface area contributed by atoms with Crippen LogP contribution < -0.4 is 4.74 Å². The molecule has 2 aromatic rings. The van der Waals surface area contributed by atoms with E-state index in [4.69, 9.17) is 4.74 Å². The van der Waals surface area contributed by atoms with E-state index in [0.717, 1.165) is 16.9 Å². The molecule has 2 rings (SSSR count). The highest BCUT2D eigenvalue weighted by Gasteiger charge is 2.26. The van der Waals surface area contributed by atoms with Crippen LogP contribution in [0.4, 0.5) is 0 Å². The normalized spacial score (nSPS) is 13.2. The predicted molar refractivity (Wildman–Crippen MR) is 85.4 cm³/mol. The molecule has 0 aliphatic heterocycles. The fourth-order valence-electron chi connectivity index (χ4n) is 2.40. The Bertz CT molecular complexity index is 642. The van der Waals surface area contributed by atoms with Gasteiger partial charge in [-0.3, -0.25) is 0 Å². The summed E-state index contributed by atoms with van der Waals surface area (Å²) in [5.41, 5.74) is 2.89. The highest BCUT2D eigenvalue weighted by molar-refractivity contribution is 5.36. The number of hydrogen-bond donors (Lipinski definition) is 0. The summed E-state index contributed by atoms with van der Waals surface area (Å²) in [4.78, 5) is 0. The van der Waals surface area contributed by atoms with Gasteiger partial charge in [0.05, 0.1) is 18.1 Å². The van der Waals surface area contributed by atoms with Crippen molar-refractivity contribution in [3.05, 3.63) is 65.2 Å². The minimum absolute atomic E-state index is 0.514. The van der Waals surface area contributed by atoms with Gasteiger partial charge in [-0.1, -0.05) is 48.0 Å². The van der Waals surface area contributed by atoms with Gasteiger partial charge in [-0.15, -0.1) is 0 Å². The van der Waals surface area contributed by atoms with Crippen LogP contribution in [0.15, 0.2) is 48.5 Å². The number of benzene rings is 2. The van der Waals surface area contributed by atoms with Crippen molar-refractivity contribution in [1.29, 1.82) is 5.26 Å². The zero-order chi connectivity index (χ0) is 15.3. The summed E-state index contributed by atoms with van der Waals surface area (Å²) in [5.74, 6) is 0.897.